The van der Waals surface area contributed by atoms with E-state index in [1.54, 1.807) is 23.1 Å². The number of ether oxygens (including phenoxy) is 1. The third kappa shape index (κ3) is 2.95. The zero-order valence-corrected chi connectivity index (χ0v) is 10.4. The number of aryl methyl sites for hydroxylation is 2. The Bertz CT molecular complexity index is 524. The summed E-state index contributed by atoms with van der Waals surface area (Å²) in [6.45, 7) is 2.06. The number of aromatic nitrogens is 4. The minimum absolute atomic E-state index is 0.453. The number of nitrogens with zero attached hydrogens (tertiary/aromatic N) is 4. The van der Waals surface area contributed by atoms with Crippen LogP contribution in [0.4, 0.5) is 5.82 Å². The van der Waals surface area contributed by atoms with E-state index in [0.717, 1.165) is 12.8 Å². The summed E-state index contributed by atoms with van der Waals surface area (Å²) >= 11 is 0. The summed E-state index contributed by atoms with van der Waals surface area (Å²) in [7, 11) is 1.82. The molecular formula is C11H16N6O. The fourth-order valence-electron chi connectivity index (χ4n) is 1.51. The number of hydrogen-bond donors (Lipinski definition) is 2. The van der Waals surface area contributed by atoms with Crippen molar-refractivity contribution in [1.29, 1.82) is 0 Å². The number of nitrogens with two attached hydrogens (primary N) is 1. The van der Waals surface area contributed by atoms with Gasteiger partial charge in [0.2, 0.25) is 5.88 Å². The largest absolute Gasteiger partial charge is 0.436 e. The normalized spacial score (nSPS) is 10.4. The highest BCUT2D eigenvalue weighted by molar-refractivity contribution is 5.38. The lowest BCUT2D eigenvalue weighted by atomic mass is 10.3. The van der Waals surface area contributed by atoms with Crippen LogP contribution in [0.25, 0.3) is 0 Å². The average Bonchev–Trinajstić information content (AvgIpc) is 2.75. The molecule has 0 unspecified atom stereocenters. The van der Waals surface area contributed by atoms with E-state index in [9.17, 15) is 0 Å². The molecular weight excluding hydrogens is 232 g/mol. The predicted octanol–water partition coefficient (Wildman–Crippen LogP) is 1.24. The van der Waals surface area contributed by atoms with Gasteiger partial charge in [0.1, 0.15) is 11.6 Å². The molecule has 2 aromatic rings. The van der Waals surface area contributed by atoms with Crippen LogP contribution >= 0.6 is 0 Å². The van der Waals surface area contributed by atoms with E-state index in [1.165, 1.54) is 0 Å². The van der Waals surface area contributed by atoms with Gasteiger partial charge in [-0.3, -0.25) is 4.68 Å². The van der Waals surface area contributed by atoms with Crippen LogP contribution in [0.5, 0.6) is 11.6 Å². The van der Waals surface area contributed by atoms with Crippen LogP contribution < -0.4 is 16.0 Å². The van der Waals surface area contributed by atoms with Crippen LogP contribution in [0.1, 0.15) is 19.2 Å². The highest BCUT2D eigenvalue weighted by Crippen LogP contribution is 2.20. The van der Waals surface area contributed by atoms with Gasteiger partial charge in [-0.05, 0) is 6.42 Å². The van der Waals surface area contributed by atoms with E-state index in [-0.39, 0.29) is 0 Å². The number of nitrogens with one attached hydrogen (secondary N) is 1. The molecule has 0 spiro atoms. The molecule has 96 valence electrons. The second-order valence-electron chi connectivity index (χ2n) is 3.85. The Morgan fingerprint density at radius 3 is 2.89 bits per heavy atom. The molecule has 0 atom stereocenters. The van der Waals surface area contributed by atoms with Crippen LogP contribution in [-0.4, -0.2) is 19.7 Å². The summed E-state index contributed by atoms with van der Waals surface area (Å²) in [5, 5.41) is 4.02. The summed E-state index contributed by atoms with van der Waals surface area (Å²) in [6, 6.07) is 1.64. The summed E-state index contributed by atoms with van der Waals surface area (Å²) < 4.78 is 7.26. The zero-order valence-electron chi connectivity index (χ0n) is 10.4. The molecule has 0 aliphatic rings. The first-order chi connectivity index (χ1) is 8.71. The molecule has 0 aromatic carbocycles. The molecule has 2 heterocycles. The van der Waals surface area contributed by atoms with Gasteiger partial charge >= 0.3 is 0 Å². The number of anilines is 1. The molecule has 3 N–H and O–H groups in total. The fourth-order valence-corrected chi connectivity index (χ4v) is 1.51. The molecule has 0 radical (unpaired) electrons. The van der Waals surface area contributed by atoms with Crippen LogP contribution in [-0.2, 0) is 13.5 Å². The number of hydrazine groups is 1. The molecule has 2 rings (SSSR count). The number of nitrogen functional groups attached to an aromatic ring is 1. The number of hydrogen-bond acceptors (Lipinski definition) is 6. The molecule has 0 amide bonds. The van der Waals surface area contributed by atoms with E-state index in [0.29, 0.717) is 23.3 Å². The van der Waals surface area contributed by atoms with Crippen LogP contribution in [0.2, 0.25) is 0 Å². The number of rotatable bonds is 5. The molecule has 0 aliphatic heterocycles. The van der Waals surface area contributed by atoms with E-state index in [1.807, 2.05) is 7.05 Å². The van der Waals surface area contributed by atoms with Crippen molar-refractivity contribution >= 4 is 5.82 Å². The molecule has 0 aliphatic carbocycles. The Balaban J connectivity index is 2.23. The van der Waals surface area contributed by atoms with Gasteiger partial charge in [-0.25, -0.2) is 10.8 Å². The monoisotopic (exact) mass is 248 g/mol. The Morgan fingerprint density at radius 2 is 2.28 bits per heavy atom. The molecule has 0 saturated heterocycles. The summed E-state index contributed by atoms with van der Waals surface area (Å²) in [5.74, 6) is 7.68. The van der Waals surface area contributed by atoms with Gasteiger partial charge in [0.25, 0.3) is 0 Å². The lowest BCUT2D eigenvalue weighted by Gasteiger charge is -2.07. The third-order valence-corrected chi connectivity index (χ3v) is 2.27. The Hall–Kier alpha value is -2.15. The summed E-state index contributed by atoms with van der Waals surface area (Å²) in [5.41, 5.74) is 2.51. The maximum atomic E-state index is 5.60. The van der Waals surface area contributed by atoms with Gasteiger partial charge in [-0.2, -0.15) is 10.1 Å². The fraction of sp³-hybridized carbons (Fsp3) is 0.364. The molecule has 7 heteroatoms. The molecule has 0 bridgehead atoms. The van der Waals surface area contributed by atoms with Crippen molar-refractivity contribution in [1.82, 2.24) is 19.7 Å². The second-order valence-corrected chi connectivity index (χ2v) is 3.85. The van der Waals surface area contributed by atoms with E-state index in [2.05, 4.69) is 27.4 Å². The topological polar surface area (TPSA) is 90.9 Å². The van der Waals surface area contributed by atoms with Crippen molar-refractivity contribution in [2.24, 2.45) is 12.9 Å². The minimum Gasteiger partial charge on any atom is -0.436 e. The SMILES string of the molecule is CCCc1nc(NN)cc(Oc2cnn(C)c2)n1. The molecule has 2 aromatic heterocycles. The minimum atomic E-state index is 0.453. The summed E-state index contributed by atoms with van der Waals surface area (Å²) in [6.07, 6.45) is 5.12. The van der Waals surface area contributed by atoms with Gasteiger partial charge in [-0.1, -0.05) is 6.92 Å². The van der Waals surface area contributed by atoms with Gasteiger partial charge < -0.3 is 10.2 Å². The molecule has 7 nitrogen and oxygen atoms in total. The average molecular weight is 248 g/mol. The van der Waals surface area contributed by atoms with Crippen molar-refractivity contribution < 1.29 is 4.74 Å². The van der Waals surface area contributed by atoms with Crippen molar-refractivity contribution in [2.45, 2.75) is 19.8 Å². The van der Waals surface area contributed by atoms with E-state index in [4.69, 9.17) is 10.6 Å². The van der Waals surface area contributed by atoms with Crippen LogP contribution in [0.15, 0.2) is 18.5 Å². The highest BCUT2D eigenvalue weighted by Gasteiger charge is 2.06. The Labute approximate surface area is 105 Å². The van der Waals surface area contributed by atoms with E-state index < -0.39 is 0 Å². The second kappa shape index (κ2) is 5.46. The lowest BCUT2D eigenvalue weighted by Crippen LogP contribution is -2.10. The van der Waals surface area contributed by atoms with Crippen LogP contribution in [0.3, 0.4) is 0 Å². The maximum absolute atomic E-state index is 5.60. The predicted molar refractivity (Wildman–Crippen MR) is 67.1 cm³/mol. The van der Waals surface area contributed by atoms with Crippen molar-refractivity contribution in [3.05, 3.63) is 24.3 Å². The Morgan fingerprint density at radius 1 is 1.44 bits per heavy atom. The standard InChI is InChI=1S/C11H16N6O/c1-3-4-9-14-10(16-12)5-11(15-9)18-8-6-13-17(2)7-8/h5-7H,3-4,12H2,1-2H3,(H,14,15,16). The molecule has 18 heavy (non-hydrogen) atoms. The van der Waals surface area contributed by atoms with Gasteiger partial charge in [0.05, 0.1) is 12.4 Å². The zero-order chi connectivity index (χ0) is 13.0. The lowest BCUT2D eigenvalue weighted by molar-refractivity contribution is 0.458. The first-order valence-corrected chi connectivity index (χ1v) is 5.72. The summed E-state index contributed by atoms with van der Waals surface area (Å²) in [4.78, 5) is 8.55. The first kappa shape index (κ1) is 12.3. The maximum Gasteiger partial charge on any atom is 0.224 e. The highest BCUT2D eigenvalue weighted by atomic mass is 16.5. The third-order valence-electron chi connectivity index (χ3n) is 2.27. The van der Waals surface area contributed by atoms with Gasteiger partial charge in [0, 0.05) is 19.5 Å². The van der Waals surface area contributed by atoms with Gasteiger partial charge in [-0.15, -0.1) is 0 Å². The van der Waals surface area contributed by atoms with E-state index >= 15 is 0 Å². The van der Waals surface area contributed by atoms with Gasteiger partial charge in [0.15, 0.2) is 5.75 Å². The first-order valence-electron chi connectivity index (χ1n) is 5.72. The Kier molecular flexibility index (Phi) is 3.73. The quantitative estimate of drug-likeness (QED) is 0.611. The smallest absolute Gasteiger partial charge is 0.224 e. The van der Waals surface area contributed by atoms with Crippen molar-refractivity contribution in [3.8, 4) is 11.6 Å². The van der Waals surface area contributed by atoms with Crippen molar-refractivity contribution in [2.75, 3.05) is 5.43 Å². The molecule has 0 fully saturated rings. The van der Waals surface area contributed by atoms with Crippen molar-refractivity contribution in [3.63, 3.8) is 0 Å². The van der Waals surface area contributed by atoms with Crippen LogP contribution in [0, 0.1) is 0 Å². The molecule has 0 saturated carbocycles.